The van der Waals surface area contributed by atoms with Crippen LogP contribution in [-0.4, -0.2) is 29.9 Å². The minimum Gasteiger partial charge on any atom is -0.299 e. The molecule has 1 fully saturated rings. The van der Waals surface area contributed by atoms with Crippen molar-refractivity contribution in [3.63, 3.8) is 0 Å². The Morgan fingerprint density at radius 1 is 1.38 bits per heavy atom. The van der Waals surface area contributed by atoms with Gasteiger partial charge in [0, 0.05) is 11.9 Å². The van der Waals surface area contributed by atoms with Crippen molar-refractivity contribution in [3.8, 4) is 0 Å². The molecule has 2 heteroatoms. The average molecular weight is 204 g/mol. The van der Waals surface area contributed by atoms with Crippen molar-refractivity contribution in [2.75, 3.05) is 19.0 Å². The smallest absolute Gasteiger partial charge is 0.0379 e. The summed E-state index contributed by atoms with van der Waals surface area (Å²) in [5, 5.41) is 0. The highest BCUT2D eigenvalue weighted by atomic mass is 35.5. The number of likely N-dealkylation sites (tertiary alicyclic amines) is 1. The normalized spacial score (nSPS) is 25.4. The molecular weight excluding hydrogens is 182 g/mol. The Morgan fingerprint density at radius 2 is 2.15 bits per heavy atom. The maximum atomic E-state index is 5.95. The summed E-state index contributed by atoms with van der Waals surface area (Å²) in [4.78, 5) is 2.58. The van der Waals surface area contributed by atoms with Crippen LogP contribution in [0.15, 0.2) is 0 Å². The van der Waals surface area contributed by atoms with Crippen LogP contribution < -0.4 is 0 Å². The van der Waals surface area contributed by atoms with Gasteiger partial charge in [0.25, 0.3) is 0 Å². The molecular formula is C11H22ClN. The molecule has 0 radical (unpaired) electrons. The number of halogens is 1. The van der Waals surface area contributed by atoms with Crippen molar-refractivity contribution in [2.45, 2.75) is 45.6 Å². The Morgan fingerprint density at radius 3 is 2.77 bits per heavy atom. The molecule has 1 atom stereocenters. The maximum Gasteiger partial charge on any atom is 0.0379 e. The second kappa shape index (κ2) is 5.87. The van der Waals surface area contributed by atoms with Crippen molar-refractivity contribution < 1.29 is 0 Å². The fourth-order valence-electron chi connectivity index (χ4n) is 1.95. The molecule has 1 unspecified atom stereocenters. The van der Waals surface area contributed by atoms with E-state index < -0.39 is 0 Å². The van der Waals surface area contributed by atoms with Crippen LogP contribution in [-0.2, 0) is 0 Å². The van der Waals surface area contributed by atoms with Crippen molar-refractivity contribution in [1.82, 2.24) is 4.90 Å². The van der Waals surface area contributed by atoms with E-state index in [1.165, 1.54) is 38.8 Å². The lowest BCUT2D eigenvalue weighted by atomic mass is 10.0. The molecule has 1 aliphatic rings. The van der Waals surface area contributed by atoms with E-state index in [-0.39, 0.29) is 0 Å². The Balaban J connectivity index is 2.27. The lowest BCUT2D eigenvalue weighted by Gasteiger charge is -2.34. The molecule has 0 saturated carbocycles. The van der Waals surface area contributed by atoms with E-state index in [1.54, 1.807) is 0 Å². The van der Waals surface area contributed by atoms with Crippen molar-refractivity contribution >= 4 is 11.6 Å². The molecule has 0 aliphatic carbocycles. The Hall–Kier alpha value is 0.250. The third-order valence-corrected chi connectivity index (χ3v) is 3.28. The molecule has 0 aromatic heterocycles. The minimum atomic E-state index is 0.661. The predicted octanol–water partition coefficient (Wildman–Crippen LogP) is 3.13. The quantitative estimate of drug-likeness (QED) is 0.635. The lowest BCUT2D eigenvalue weighted by Crippen LogP contribution is -2.41. The zero-order valence-corrected chi connectivity index (χ0v) is 9.69. The molecule has 0 bridgehead atoms. The van der Waals surface area contributed by atoms with Gasteiger partial charge < -0.3 is 0 Å². The first-order chi connectivity index (χ1) is 6.24. The molecule has 0 N–H and O–H groups in total. The highest BCUT2D eigenvalue weighted by Crippen LogP contribution is 2.19. The molecule has 78 valence electrons. The van der Waals surface area contributed by atoms with Gasteiger partial charge >= 0.3 is 0 Å². The molecule has 0 spiro atoms. The van der Waals surface area contributed by atoms with E-state index in [9.17, 15) is 0 Å². The molecule has 0 aromatic rings. The molecule has 1 nitrogen and oxygen atoms in total. The monoisotopic (exact) mass is 203 g/mol. The highest BCUT2D eigenvalue weighted by Gasteiger charge is 2.20. The number of rotatable bonds is 4. The fraction of sp³-hybridized carbons (Fsp3) is 1.00. The largest absolute Gasteiger partial charge is 0.299 e. The SMILES string of the molecule is CC(C)CCN1CCCCC1CCl. The van der Waals surface area contributed by atoms with Gasteiger partial charge in [0.15, 0.2) is 0 Å². The zero-order chi connectivity index (χ0) is 9.68. The third-order valence-electron chi connectivity index (χ3n) is 2.92. The topological polar surface area (TPSA) is 3.24 Å². The van der Waals surface area contributed by atoms with Crippen molar-refractivity contribution in [1.29, 1.82) is 0 Å². The van der Waals surface area contributed by atoms with Crippen LogP contribution in [0.1, 0.15) is 39.5 Å². The molecule has 1 aliphatic heterocycles. The van der Waals surface area contributed by atoms with Gasteiger partial charge in [-0.2, -0.15) is 0 Å². The van der Waals surface area contributed by atoms with E-state index in [0.29, 0.717) is 6.04 Å². The molecule has 0 aromatic carbocycles. The van der Waals surface area contributed by atoms with Crippen LogP contribution in [0.4, 0.5) is 0 Å². The van der Waals surface area contributed by atoms with E-state index >= 15 is 0 Å². The van der Waals surface area contributed by atoms with Gasteiger partial charge in [0.2, 0.25) is 0 Å². The summed E-state index contributed by atoms with van der Waals surface area (Å²) in [5.74, 6) is 1.64. The van der Waals surface area contributed by atoms with Crippen LogP contribution in [0.2, 0.25) is 0 Å². The fourth-order valence-corrected chi connectivity index (χ4v) is 2.30. The van der Waals surface area contributed by atoms with Crippen LogP contribution in [0.25, 0.3) is 0 Å². The second-order valence-electron chi connectivity index (χ2n) is 4.52. The first kappa shape index (κ1) is 11.3. The number of hydrogen-bond acceptors (Lipinski definition) is 1. The van der Waals surface area contributed by atoms with Gasteiger partial charge in [0.1, 0.15) is 0 Å². The Labute approximate surface area is 87.4 Å². The number of hydrogen-bond donors (Lipinski definition) is 0. The van der Waals surface area contributed by atoms with Gasteiger partial charge in [-0.3, -0.25) is 4.90 Å². The number of piperidine rings is 1. The zero-order valence-electron chi connectivity index (χ0n) is 8.93. The van der Waals surface area contributed by atoms with Gasteiger partial charge in [-0.1, -0.05) is 20.3 Å². The molecule has 13 heavy (non-hydrogen) atoms. The summed E-state index contributed by atoms with van der Waals surface area (Å²) in [7, 11) is 0. The summed E-state index contributed by atoms with van der Waals surface area (Å²) in [6.07, 6.45) is 5.36. The van der Waals surface area contributed by atoms with Crippen LogP contribution in [0, 0.1) is 5.92 Å². The number of nitrogens with zero attached hydrogens (tertiary/aromatic N) is 1. The molecule has 0 amide bonds. The molecule has 1 saturated heterocycles. The van der Waals surface area contributed by atoms with Crippen LogP contribution in [0.3, 0.4) is 0 Å². The molecule has 1 rings (SSSR count). The van der Waals surface area contributed by atoms with Gasteiger partial charge in [0.05, 0.1) is 0 Å². The predicted molar refractivity (Wildman–Crippen MR) is 59.4 cm³/mol. The summed E-state index contributed by atoms with van der Waals surface area (Å²) in [6.45, 7) is 7.10. The first-order valence-corrected chi connectivity index (χ1v) is 6.07. The first-order valence-electron chi connectivity index (χ1n) is 5.54. The summed E-state index contributed by atoms with van der Waals surface area (Å²) >= 11 is 5.95. The third kappa shape index (κ3) is 3.86. The second-order valence-corrected chi connectivity index (χ2v) is 4.83. The van der Waals surface area contributed by atoms with E-state index in [1.807, 2.05) is 0 Å². The summed E-state index contributed by atoms with van der Waals surface area (Å²) < 4.78 is 0. The van der Waals surface area contributed by atoms with Gasteiger partial charge in [-0.05, 0) is 38.3 Å². The van der Waals surface area contributed by atoms with E-state index in [4.69, 9.17) is 11.6 Å². The van der Waals surface area contributed by atoms with Crippen molar-refractivity contribution in [2.24, 2.45) is 5.92 Å². The van der Waals surface area contributed by atoms with Gasteiger partial charge in [-0.25, -0.2) is 0 Å². The number of alkyl halides is 1. The van der Waals surface area contributed by atoms with Crippen LogP contribution in [0.5, 0.6) is 0 Å². The Kier molecular flexibility index (Phi) is 5.12. The lowest BCUT2D eigenvalue weighted by molar-refractivity contribution is 0.155. The van der Waals surface area contributed by atoms with E-state index in [2.05, 4.69) is 18.7 Å². The standard InChI is InChI=1S/C11H22ClN/c1-10(2)6-8-13-7-4-3-5-11(13)9-12/h10-11H,3-9H2,1-2H3. The van der Waals surface area contributed by atoms with E-state index in [0.717, 1.165) is 11.8 Å². The Bertz CT molecular complexity index is 136. The van der Waals surface area contributed by atoms with Crippen molar-refractivity contribution in [3.05, 3.63) is 0 Å². The summed E-state index contributed by atoms with van der Waals surface area (Å²) in [6, 6.07) is 0.661. The minimum absolute atomic E-state index is 0.661. The molecule has 1 heterocycles. The maximum absolute atomic E-state index is 5.95. The van der Waals surface area contributed by atoms with Gasteiger partial charge in [-0.15, -0.1) is 11.6 Å². The highest BCUT2D eigenvalue weighted by molar-refractivity contribution is 6.18. The average Bonchev–Trinajstić information content (AvgIpc) is 2.15. The summed E-state index contributed by atoms with van der Waals surface area (Å²) in [5.41, 5.74) is 0. The van der Waals surface area contributed by atoms with Crippen LogP contribution >= 0.6 is 11.6 Å².